The van der Waals surface area contributed by atoms with E-state index in [1.807, 2.05) is 0 Å². The zero-order chi connectivity index (χ0) is 11.2. The molecule has 1 N–H and O–H groups in total. The third-order valence-electron chi connectivity index (χ3n) is 3.83. The van der Waals surface area contributed by atoms with Gasteiger partial charge in [0, 0.05) is 13.1 Å². The second-order valence-corrected chi connectivity index (χ2v) is 5.09. The molecule has 0 aromatic rings. The normalized spacial score (nSPS) is 36.2. The van der Waals surface area contributed by atoms with Gasteiger partial charge in [0.1, 0.15) is 0 Å². The summed E-state index contributed by atoms with van der Waals surface area (Å²) in [5.41, 5.74) is 0. The molecule has 0 bridgehead atoms. The SMILES string of the molecule is CCC1CCCC(OCC2CNCCO2)C1. The maximum Gasteiger partial charge on any atom is 0.0933 e. The molecule has 0 radical (unpaired) electrons. The zero-order valence-corrected chi connectivity index (χ0v) is 10.4. The van der Waals surface area contributed by atoms with Crippen LogP contribution < -0.4 is 5.32 Å². The Kier molecular flexibility index (Phi) is 5.07. The Bertz CT molecular complexity index is 192. The predicted molar refractivity (Wildman–Crippen MR) is 64.6 cm³/mol. The number of hydrogen-bond donors (Lipinski definition) is 1. The molecule has 16 heavy (non-hydrogen) atoms. The quantitative estimate of drug-likeness (QED) is 0.796. The van der Waals surface area contributed by atoms with Crippen molar-refractivity contribution < 1.29 is 9.47 Å². The molecule has 0 spiro atoms. The summed E-state index contributed by atoms with van der Waals surface area (Å²) in [6.45, 7) is 5.83. The third kappa shape index (κ3) is 3.72. The van der Waals surface area contributed by atoms with Crippen LogP contribution in [0.3, 0.4) is 0 Å². The molecule has 94 valence electrons. The number of hydrogen-bond acceptors (Lipinski definition) is 3. The molecule has 1 heterocycles. The van der Waals surface area contributed by atoms with Crippen LogP contribution in [0.1, 0.15) is 39.0 Å². The van der Waals surface area contributed by atoms with Crippen molar-refractivity contribution in [1.82, 2.24) is 5.32 Å². The molecule has 0 aromatic carbocycles. The lowest BCUT2D eigenvalue weighted by Crippen LogP contribution is -2.42. The summed E-state index contributed by atoms with van der Waals surface area (Å²) < 4.78 is 11.6. The fraction of sp³-hybridized carbons (Fsp3) is 1.00. The van der Waals surface area contributed by atoms with Gasteiger partial charge in [0.25, 0.3) is 0 Å². The molecule has 1 aliphatic heterocycles. The Balaban J connectivity index is 1.64. The van der Waals surface area contributed by atoms with Gasteiger partial charge < -0.3 is 14.8 Å². The van der Waals surface area contributed by atoms with Gasteiger partial charge >= 0.3 is 0 Å². The van der Waals surface area contributed by atoms with Crippen LogP contribution in [0.25, 0.3) is 0 Å². The molecule has 2 rings (SSSR count). The first-order valence-electron chi connectivity index (χ1n) is 6.82. The lowest BCUT2D eigenvalue weighted by molar-refractivity contribution is -0.0681. The van der Waals surface area contributed by atoms with E-state index < -0.39 is 0 Å². The first-order valence-corrected chi connectivity index (χ1v) is 6.82. The molecule has 3 unspecified atom stereocenters. The minimum Gasteiger partial charge on any atom is -0.375 e. The highest BCUT2D eigenvalue weighted by molar-refractivity contribution is 4.74. The maximum absolute atomic E-state index is 5.99. The van der Waals surface area contributed by atoms with Crippen molar-refractivity contribution in [1.29, 1.82) is 0 Å². The average Bonchev–Trinajstić information content (AvgIpc) is 2.38. The Morgan fingerprint density at radius 1 is 1.38 bits per heavy atom. The topological polar surface area (TPSA) is 30.5 Å². The minimum absolute atomic E-state index is 0.274. The van der Waals surface area contributed by atoms with Gasteiger partial charge in [-0.05, 0) is 18.8 Å². The second-order valence-electron chi connectivity index (χ2n) is 5.09. The lowest BCUT2D eigenvalue weighted by atomic mass is 9.85. The molecule has 1 aliphatic carbocycles. The minimum atomic E-state index is 0.274. The highest BCUT2D eigenvalue weighted by atomic mass is 16.5. The first-order chi connectivity index (χ1) is 7.88. The van der Waals surface area contributed by atoms with E-state index in [0.29, 0.717) is 6.10 Å². The van der Waals surface area contributed by atoms with Crippen LogP contribution in [0.15, 0.2) is 0 Å². The van der Waals surface area contributed by atoms with E-state index >= 15 is 0 Å². The largest absolute Gasteiger partial charge is 0.375 e. The van der Waals surface area contributed by atoms with Crippen LogP contribution in [0.4, 0.5) is 0 Å². The molecular formula is C13H25NO2. The van der Waals surface area contributed by atoms with Crippen LogP contribution >= 0.6 is 0 Å². The summed E-state index contributed by atoms with van der Waals surface area (Å²) in [7, 11) is 0. The van der Waals surface area contributed by atoms with Crippen LogP contribution in [0.2, 0.25) is 0 Å². The highest BCUT2D eigenvalue weighted by Gasteiger charge is 2.23. The monoisotopic (exact) mass is 227 g/mol. The average molecular weight is 227 g/mol. The van der Waals surface area contributed by atoms with Gasteiger partial charge in [-0.3, -0.25) is 0 Å². The van der Waals surface area contributed by atoms with Gasteiger partial charge in [-0.1, -0.05) is 26.2 Å². The van der Waals surface area contributed by atoms with Crippen molar-refractivity contribution in [3.05, 3.63) is 0 Å². The molecule has 1 saturated heterocycles. The van der Waals surface area contributed by atoms with Crippen LogP contribution in [0, 0.1) is 5.92 Å². The predicted octanol–water partition coefficient (Wildman–Crippen LogP) is 1.96. The summed E-state index contributed by atoms with van der Waals surface area (Å²) in [6.07, 6.45) is 7.32. The molecule has 3 heteroatoms. The van der Waals surface area contributed by atoms with E-state index in [-0.39, 0.29) is 6.10 Å². The summed E-state index contributed by atoms with van der Waals surface area (Å²) in [6, 6.07) is 0. The number of nitrogens with one attached hydrogen (secondary N) is 1. The van der Waals surface area contributed by atoms with Crippen molar-refractivity contribution in [3.63, 3.8) is 0 Å². The molecule has 0 amide bonds. The standard InChI is InChI=1S/C13H25NO2/c1-2-11-4-3-5-12(8-11)16-10-13-9-14-6-7-15-13/h11-14H,2-10H2,1H3. The fourth-order valence-corrected chi connectivity index (χ4v) is 2.73. The van der Waals surface area contributed by atoms with Gasteiger partial charge in [-0.15, -0.1) is 0 Å². The van der Waals surface area contributed by atoms with Crippen molar-refractivity contribution in [2.75, 3.05) is 26.3 Å². The van der Waals surface area contributed by atoms with Crippen molar-refractivity contribution in [2.24, 2.45) is 5.92 Å². The van der Waals surface area contributed by atoms with Crippen LogP contribution in [-0.2, 0) is 9.47 Å². The summed E-state index contributed by atoms with van der Waals surface area (Å²) in [4.78, 5) is 0. The summed E-state index contributed by atoms with van der Waals surface area (Å²) in [5, 5.41) is 3.34. The van der Waals surface area contributed by atoms with E-state index in [0.717, 1.165) is 32.2 Å². The van der Waals surface area contributed by atoms with Crippen molar-refractivity contribution in [2.45, 2.75) is 51.2 Å². The fourth-order valence-electron chi connectivity index (χ4n) is 2.73. The Morgan fingerprint density at radius 2 is 2.31 bits per heavy atom. The van der Waals surface area contributed by atoms with E-state index in [2.05, 4.69) is 12.2 Å². The number of ether oxygens (including phenoxy) is 2. The van der Waals surface area contributed by atoms with E-state index in [9.17, 15) is 0 Å². The maximum atomic E-state index is 5.99. The summed E-state index contributed by atoms with van der Waals surface area (Å²) >= 11 is 0. The van der Waals surface area contributed by atoms with Gasteiger partial charge in [0.05, 0.1) is 25.4 Å². The van der Waals surface area contributed by atoms with Gasteiger partial charge in [0.2, 0.25) is 0 Å². The Morgan fingerprint density at radius 3 is 3.06 bits per heavy atom. The van der Waals surface area contributed by atoms with Gasteiger partial charge in [-0.25, -0.2) is 0 Å². The van der Waals surface area contributed by atoms with Gasteiger partial charge in [0.15, 0.2) is 0 Å². The lowest BCUT2D eigenvalue weighted by Gasteiger charge is -2.31. The zero-order valence-electron chi connectivity index (χ0n) is 10.4. The van der Waals surface area contributed by atoms with Gasteiger partial charge in [-0.2, -0.15) is 0 Å². The van der Waals surface area contributed by atoms with Crippen LogP contribution in [0.5, 0.6) is 0 Å². The van der Waals surface area contributed by atoms with E-state index in [4.69, 9.17) is 9.47 Å². The Hall–Kier alpha value is -0.120. The molecule has 3 atom stereocenters. The molecule has 2 fully saturated rings. The smallest absolute Gasteiger partial charge is 0.0933 e. The van der Waals surface area contributed by atoms with Crippen LogP contribution in [-0.4, -0.2) is 38.5 Å². The van der Waals surface area contributed by atoms with E-state index in [1.54, 1.807) is 0 Å². The molecule has 2 aliphatic rings. The first kappa shape index (κ1) is 12.3. The summed E-state index contributed by atoms with van der Waals surface area (Å²) in [5.74, 6) is 0.893. The van der Waals surface area contributed by atoms with Crippen molar-refractivity contribution >= 4 is 0 Å². The molecule has 1 saturated carbocycles. The highest BCUT2D eigenvalue weighted by Crippen LogP contribution is 2.28. The van der Waals surface area contributed by atoms with Crippen molar-refractivity contribution in [3.8, 4) is 0 Å². The van der Waals surface area contributed by atoms with E-state index in [1.165, 1.54) is 32.1 Å². The number of rotatable bonds is 4. The molecular weight excluding hydrogens is 202 g/mol. The molecule has 0 aromatic heterocycles. The molecule has 3 nitrogen and oxygen atoms in total. The Labute approximate surface area is 98.9 Å². The second kappa shape index (κ2) is 6.58. The number of morpholine rings is 1. The third-order valence-corrected chi connectivity index (χ3v) is 3.83.